The Morgan fingerprint density at radius 3 is 1.06 bits per heavy atom. The molecule has 0 N–H and O–H groups in total. The van der Waals surface area contributed by atoms with Crippen LogP contribution in [0.4, 0.5) is 11.4 Å². The van der Waals surface area contributed by atoms with Crippen molar-refractivity contribution in [2.24, 2.45) is 0 Å². The molecule has 0 bridgehead atoms. The molecule has 0 spiro atoms. The molecule has 8 heteroatoms. The number of nitriles is 3. The highest BCUT2D eigenvalue weighted by atomic mass is 15.0. The van der Waals surface area contributed by atoms with Crippen LogP contribution in [0.1, 0.15) is 16.7 Å². The minimum atomic E-state index is 0.509. The molecule has 330 valence electrons. The Hall–Kier alpha value is -10.8. The van der Waals surface area contributed by atoms with Crippen molar-refractivity contribution in [3.05, 3.63) is 246 Å². The predicted molar refractivity (Wildman–Crippen MR) is 287 cm³/mol. The van der Waals surface area contributed by atoms with Gasteiger partial charge in [-0.3, -0.25) is 4.98 Å². The van der Waals surface area contributed by atoms with Crippen LogP contribution in [0, 0.1) is 47.1 Å². The lowest BCUT2D eigenvalue weighted by molar-refractivity contribution is 1.13. The summed E-state index contributed by atoms with van der Waals surface area (Å²) < 4.78 is 4.52. The molecule has 0 amide bonds. The van der Waals surface area contributed by atoms with E-state index in [1.54, 1.807) is 0 Å². The van der Waals surface area contributed by atoms with Gasteiger partial charge in [0.1, 0.15) is 0 Å². The van der Waals surface area contributed by atoms with Crippen LogP contribution in [-0.2, 0) is 0 Å². The topological polar surface area (TPSA) is 103 Å². The predicted octanol–water partition coefficient (Wildman–Crippen LogP) is 16.3. The number of pyridine rings is 1. The molecule has 0 aliphatic rings. The zero-order chi connectivity index (χ0) is 48.9. The maximum atomic E-state index is 10.5. The molecule has 0 aliphatic carbocycles. The SMILES string of the molecule is [C-]#[N+]c1ccc(-c2ccc3c(c2)c2cc(-c4ccc([N+]#[C-])cc4)ccc2n3-c2cc(C#N)ccc2-c2ccncc2-n2c3ccc(-c4ccc(C#N)cc4)cc3c3cc(-c4ccc(C#N)cc4)ccc32)cc1. The monoisotopic (exact) mass is 914 g/mol. The van der Waals surface area contributed by atoms with E-state index in [0.717, 1.165) is 111 Å². The van der Waals surface area contributed by atoms with E-state index in [0.29, 0.717) is 28.1 Å². The molecule has 9 aromatic carbocycles. The van der Waals surface area contributed by atoms with Crippen LogP contribution in [0.3, 0.4) is 0 Å². The Kier molecular flexibility index (Phi) is 10.3. The Morgan fingerprint density at radius 2 is 0.681 bits per heavy atom. The first-order valence-corrected chi connectivity index (χ1v) is 23.1. The summed E-state index contributed by atoms with van der Waals surface area (Å²) >= 11 is 0. The molecular weight excluding hydrogens is 881 g/mol. The Labute approximate surface area is 414 Å². The van der Waals surface area contributed by atoms with Crippen LogP contribution < -0.4 is 0 Å². The number of aromatic nitrogens is 3. The van der Waals surface area contributed by atoms with E-state index in [4.69, 9.17) is 18.1 Å². The van der Waals surface area contributed by atoms with E-state index >= 15 is 0 Å². The normalized spacial score (nSPS) is 11.0. The van der Waals surface area contributed by atoms with Crippen LogP contribution in [-0.4, -0.2) is 14.1 Å². The molecule has 72 heavy (non-hydrogen) atoms. The lowest BCUT2D eigenvalue weighted by atomic mass is 9.99. The number of fused-ring (bicyclic) bond motifs is 6. The molecule has 0 fully saturated rings. The summed E-state index contributed by atoms with van der Waals surface area (Å²) in [7, 11) is 0. The zero-order valence-corrected chi connectivity index (χ0v) is 38.2. The van der Waals surface area contributed by atoms with Gasteiger partial charge in [0.05, 0.1) is 87.7 Å². The van der Waals surface area contributed by atoms with Gasteiger partial charge in [-0.25, -0.2) is 9.69 Å². The van der Waals surface area contributed by atoms with Crippen molar-refractivity contribution < 1.29 is 0 Å². The largest absolute Gasteiger partial charge is 0.309 e. The van der Waals surface area contributed by atoms with Crippen LogP contribution in [0.25, 0.3) is 120 Å². The van der Waals surface area contributed by atoms with Crippen molar-refractivity contribution >= 4 is 55.0 Å². The summed E-state index contributed by atoms with van der Waals surface area (Å²) in [6.45, 7) is 15.0. The van der Waals surface area contributed by atoms with Gasteiger partial charge in [-0.1, -0.05) is 103 Å². The highest BCUT2D eigenvalue weighted by molar-refractivity contribution is 6.14. The first-order chi connectivity index (χ1) is 35.4. The molecule has 0 atom stereocenters. The number of rotatable bonds is 7. The molecule has 3 aromatic heterocycles. The summed E-state index contributed by atoms with van der Waals surface area (Å²) in [5, 5.41) is 33.7. The summed E-state index contributed by atoms with van der Waals surface area (Å²) in [5.74, 6) is 0. The van der Waals surface area contributed by atoms with E-state index in [2.05, 4.69) is 110 Å². The molecule has 0 radical (unpaired) electrons. The number of hydrogen-bond donors (Lipinski definition) is 0. The third-order valence-electron chi connectivity index (χ3n) is 13.6. The first kappa shape index (κ1) is 42.5. The quantitative estimate of drug-likeness (QED) is 0.149. The van der Waals surface area contributed by atoms with E-state index in [1.807, 2.05) is 134 Å². The Bertz CT molecular complexity index is 4180. The molecule has 0 unspecified atom stereocenters. The smallest absolute Gasteiger partial charge is 0.187 e. The second-order valence-corrected chi connectivity index (χ2v) is 17.5. The van der Waals surface area contributed by atoms with Crippen LogP contribution in [0.2, 0.25) is 0 Å². The van der Waals surface area contributed by atoms with Crippen molar-refractivity contribution in [3.63, 3.8) is 0 Å². The van der Waals surface area contributed by atoms with Gasteiger partial charge in [0.25, 0.3) is 0 Å². The maximum absolute atomic E-state index is 10.5. The fourth-order valence-corrected chi connectivity index (χ4v) is 10.0. The molecule has 12 rings (SSSR count). The van der Waals surface area contributed by atoms with Crippen molar-refractivity contribution in [2.45, 2.75) is 0 Å². The zero-order valence-electron chi connectivity index (χ0n) is 38.2. The second-order valence-electron chi connectivity index (χ2n) is 17.5. The first-order valence-electron chi connectivity index (χ1n) is 23.1. The number of nitrogens with zero attached hydrogens (tertiary/aromatic N) is 8. The summed E-state index contributed by atoms with van der Waals surface area (Å²) in [6, 6.07) is 71.2. The Morgan fingerprint density at radius 1 is 0.347 bits per heavy atom. The lowest BCUT2D eigenvalue weighted by Crippen LogP contribution is -2.02. The fourth-order valence-electron chi connectivity index (χ4n) is 10.0. The molecule has 8 nitrogen and oxygen atoms in total. The van der Waals surface area contributed by atoms with E-state index in [1.165, 1.54) is 0 Å². The fraction of sp³-hybridized carbons (Fsp3) is 0. The minimum Gasteiger partial charge on any atom is -0.309 e. The number of hydrogen-bond acceptors (Lipinski definition) is 4. The standard InChI is InChI=1S/C64H34N8/c1-68-51-20-12-45(13-21-51)49-16-25-59-55(34-49)56-35-50(46-14-22-52(69-2)23-15-46)17-26-60(56)71(59)63-31-42(38-67)7-24-53(63)54-29-30-70-39-64(54)72-61-27-18-47(43-8-3-40(36-65)4-9-43)32-57(61)58-33-48(19-28-62(58)72)44-10-5-41(37-66)6-11-44/h3-35,39H. The van der Waals surface area contributed by atoms with Gasteiger partial charge in [0, 0.05) is 38.9 Å². The van der Waals surface area contributed by atoms with Gasteiger partial charge < -0.3 is 9.13 Å². The van der Waals surface area contributed by atoms with E-state index < -0.39 is 0 Å². The third-order valence-corrected chi connectivity index (χ3v) is 13.6. The lowest BCUT2D eigenvalue weighted by Gasteiger charge is -2.18. The van der Waals surface area contributed by atoms with Gasteiger partial charge in [0.15, 0.2) is 11.4 Å². The van der Waals surface area contributed by atoms with E-state index in [9.17, 15) is 15.8 Å². The van der Waals surface area contributed by atoms with Gasteiger partial charge in [0.2, 0.25) is 0 Å². The molecular formula is C64H34N8. The van der Waals surface area contributed by atoms with Crippen molar-refractivity contribution in [3.8, 4) is 85.2 Å². The average molecular weight is 915 g/mol. The highest BCUT2D eigenvalue weighted by Gasteiger charge is 2.23. The molecule has 0 saturated heterocycles. The number of benzene rings is 9. The average Bonchev–Trinajstić information content (AvgIpc) is 3.96. The van der Waals surface area contributed by atoms with Gasteiger partial charge >= 0.3 is 0 Å². The van der Waals surface area contributed by atoms with Gasteiger partial charge in [-0.05, 0) is 136 Å². The van der Waals surface area contributed by atoms with E-state index in [-0.39, 0.29) is 0 Å². The molecule has 12 aromatic rings. The summed E-state index contributed by atoms with van der Waals surface area (Å²) in [4.78, 5) is 12.0. The minimum absolute atomic E-state index is 0.509. The molecule has 0 saturated carbocycles. The van der Waals surface area contributed by atoms with Crippen LogP contribution >= 0.6 is 0 Å². The van der Waals surface area contributed by atoms with Gasteiger partial charge in [-0.15, -0.1) is 0 Å². The maximum Gasteiger partial charge on any atom is 0.187 e. The van der Waals surface area contributed by atoms with Crippen molar-refractivity contribution in [1.29, 1.82) is 15.8 Å². The highest BCUT2D eigenvalue weighted by Crippen LogP contribution is 2.44. The van der Waals surface area contributed by atoms with Gasteiger partial charge in [-0.2, -0.15) is 15.8 Å². The van der Waals surface area contributed by atoms with Crippen LogP contribution in [0.15, 0.2) is 207 Å². The van der Waals surface area contributed by atoms with Crippen molar-refractivity contribution in [1.82, 2.24) is 14.1 Å². The summed E-state index contributed by atoms with van der Waals surface area (Å²) in [6.07, 6.45) is 3.71. The molecule has 0 aliphatic heterocycles. The third kappa shape index (κ3) is 7.17. The summed E-state index contributed by atoms with van der Waals surface area (Å²) in [5.41, 5.74) is 18.1. The van der Waals surface area contributed by atoms with Crippen molar-refractivity contribution in [2.75, 3.05) is 0 Å². The van der Waals surface area contributed by atoms with Crippen LogP contribution in [0.5, 0.6) is 0 Å². The Balaban J connectivity index is 1.10. The molecule has 3 heterocycles. The second kappa shape index (κ2) is 17.4.